The number of carbonyl (C=O) groups excluding carboxylic acids is 2. The average Bonchev–Trinajstić information content (AvgIpc) is 2.97. The summed E-state index contributed by atoms with van der Waals surface area (Å²) >= 11 is 1.27. The molecule has 2 rings (SSSR count). The van der Waals surface area contributed by atoms with E-state index in [0.717, 1.165) is 17.7 Å². The minimum Gasteiger partial charge on any atom is -0.465 e. The van der Waals surface area contributed by atoms with Gasteiger partial charge >= 0.3 is 5.97 Å². The summed E-state index contributed by atoms with van der Waals surface area (Å²) in [6, 6.07) is 9.06. The predicted octanol–water partition coefficient (Wildman–Crippen LogP) is 2.65. The molecule has 0 aliphatic carbocycles. The summed E-state index contributed by atoms with van der Waals surface area (Å²) in [7, 11) is 0. The number of carbonyl (C=O) groups is 2. The van der Waals surface area contributed by atoms with E-state index in [9.17, 15) is 9.59 Å². The molecule has 0 saturated carbocycles. The van der Waals surface area contributed by atoms with Crippen LogP contribution in [0.2, 0.25) is 0 Å². The lowest BCUT2D eigenvalue weighted by atomic mass is 10.0. The molecule has 6 heteroatoms. The maximum Gasteiger partial charge on any atom is 0.326 e. The molecule has 0 amide bonds. The van der Waals surface area contributed by atoms with Crippen LogP contribution in [0.15, 0.2) is 30.3 Å². The van der Waals surface area contributed by atoms with Crippen molar-refractivity contribution in [2.24, 2.45) is 5.92 Å². The van der Waals surface area contributed by atoms with Crippen LogP contribution in [-0.2, 0) is 25.7 Å². The van der Waals surface area contributed by atoms with E-state index in [1.807, 2.05) is 37.3 Å². The van der Waals surface area contributed by atoms with Crippen LogP contribution in [0.5, 0.6) is 0 Å². The number of hydrogen-bond donors (Lipinski definition) is 0. The van der Waals surface area contributed by atoms with Crippen molar-refractivity contribution in [3.63, 3.8) is 0 Å². The van der Waals surface area contributed by atoms with Gasteiger partial charge in [-0.15, -0.1) is 0 Å². The lowest BCUT2D eigenvalue weighted by Gasteiger charge is -2.23. The number of nitrogens with zero attached hydrogens (tertiary/aromatic N) is 1. The standard InChI is InChI=1S/C17H23NO4S/c1-3-10-23-17(20)14-12-22-18(15(14)16(19)21-4-2)11-13-8-6-5-7-9-13/h5-9,14-15H,3-4,10-12H2,1-2H3/t14-,15-/m0/s1. The highest BCUT2D eigenvalue weighted by Crippen LogP contribution is 2.29. The molecule has 1 aliphatic rings. The third-order valence-corrected chi connectivity index (χ3v) is 4.77. The van der Waals surface area contributed by atoms with Crippen LogP contribution in [0.4, 0.5) is 0 Å². The molecule has 1 heterocycles. The molecular formula is C17H23NO4S. The molecule has 1 aromatic carbocycles. The van der Waals surface area contributed by atoms with Crippen LogP contribution < -0.4 is 0 Å². The minimum absolute atomic E-state index is 0.000430. The maximum atomic E-state index is 12.4. The predicted molar refractivity (Wildman–Crippen MR) is 89.6 cm³/mol. The molecule has 1 aromatic rings. The van der Waals surface area contributed by atoms with Gasteiger partial charge in [0.05, 0.1) is 25.7 Å². The summed E-state index contributed by atoms with van der Waals surface area (Å²) in [5, 5.41) is 1.59. The normalized spacial score (nSPS) is 21.3. The van der Waals surface area contributed by atoms with E-state index in [2.05, 4.69) is 0 Å². The molecule has 1 fully saturated rings. The van der Waals surface area contributed by atoms with Gasteiger partial charge in [0.1, 0.15) is 6.04 Å². The van der Waals surface area contributed by atoms with Crippen molar-refractivity contribution in [3.8, 4) is 0 Å². The molecule has 126 valence electrons. The first-order valence-corrected chi connectivity index (χ1v) is 8.92. The third-order valence-electron chi connectivity index (χ3n) is 3.57. The molecule has 1 saturated heterocycles. The first-order valence-electron chi connectivity index (χ1n) is 7.94. The summed E-state index contributed by atoms with van der Waals surface area (Å²) < 4.78 is 5.16. The monoisotopic (exact) mass is 337 g/mol. The molecule has 5 nitrogen and oxygen atoms in total. The van der Waals surface area contributed by atoms with Crippen molar-refractivity contribution in [2.75, 3.05) is 19.0 Å². The Morgan fingerprint density at radius 3 is 2.70 bits per heavy atom. The fourth-order valence-corrected chi connectivity index (χ4v) is 3.29. The van der Waals surface area contributed by atoms with Gasteiger partial charge in [-0.05, 0) is 18.9 Å². The van der Waals surface area contributed by atoms with Crippen LogP contribution in [0.1, 0.15) is 25.8 Å². The Hall–Kier alpha value is -1.37. The van der Waals surface area contributed by atoms with Crippen LogP contribution in [0, 0.1) is 5.92 Å². The van der Waals surface area contributed by atoms with Gasteiger partial charge in [0, 0.05) is 5.75 Å². The van der Waals surface area contributed by atoms with Crippen LogP contribution in [0.25, 0.3) is 0 Å². The van der Waals surface area contributed by atoms with Crippen molar-refractivity contribution in [1.29, 1.82) is 0 Å². The number of rotatable bonds is 7. The quantitative estimate of drug-likeness (QED) is 0.713. The van der Waals surface area contributed by atoms with Crippen LogP contribution in [0.3, 0.4) is 0 Å². The van der Waals surface area contributed by atoms with Gasteiger partial charge in [-0.1, -0.05) is 49.0 Å². The molecular weight excluding hydrogens is 314 g/mol. The molecule has 0 radical (unpaired) electrons. The summed E-state index contributed by atoms with van der Waals surface area (Å²) in [6.07, 6.45) is 0.918. The van der Waals surface area contributed by atoms with Crippen molar-refractivity contribution < 1.29 is 19.2 Å². The fraction of sp³-hybridized carbons (Fsp3) is 0.529. The summed E-state index contributed by atoms with van der Waals surface area (Å²) in [5.41, 5.74) is 1.02. The van der Waals surface area contributed by atoms with E-state index in [-0.39, 0.29) is 18.3 Å². The zero-order valence-electron chi connectivity index (χ0n) is 13.6. The van der Waals surface area contributed by atoms with Gasteiger partial charge in [-0.3, -0.25) is 14.4 Å². The van der Waals surface area contributed by atoms with Crippen molar-refractivity contribution in [3.05, 3.63) is 35.9 Å². The van der Waals surface area contributed by atoms with Gasteiger partial charge < -0.3 is 4.74 Å². The highest BCUT2D eigenvalue weighted by atomic mass is 32.2. The average molecular weight is 337 g/mol. The Kier molecular flexibility index (Phi) is 7.08. The lowest BCUT2D eigenvalue weighted by molar-refractivity contribution is -0.174. The highest BCUT2D eigenvalue weighted by Gasteiger charge is 2.45. The Labute approximate surface area is 141 Å². The molecule has 0 bridgehead atoms. The SMILES string of the molecule is CCCSC(=O)[C@H]1CON(Cc2ccccc2)[C@@H]1C(=O)OCC. The Bertz CT molecular complexity index is 523. The van der Waals surface area contributed by atoms with Crippen LogP contribution in [-0.4, -0.2) is 41.2 Å². The second-order valence-electron chi connectivity index (χ2n) is 5.33. The van der Waals surface area contributed by atoms with Gasteiger partial charge in [0.15, 0.2) is 5.12 Å². The second kappa shape index (κ2) is 9.05. The third kappa shape index (κ3) is 4.80. The number of benzene rings is 1. The van der Waals surface area contributed by atoms with E-state index in [1.165, 1.54) is 11.8 Å². The van der Waals surface area contributed by atoms with Crippen molar-refractivity contribution in [1.82, 2.24) is 5.06 Å². The number of hydrogen-bond acceptors (Lipinski definition) is 6. The zero-order valence-corrected chi connectivity index (χ0v) is 14.4. The van der Waals surface area contributed by atoms with E-state index in [0.29, 0.717) is 6.54 Å². The van der Waals surface area contributed by atoms with Crippen molar-refractivity contribution in [2.45, 2.75) is 32.9 Å². The Morgan fingerprint density at radius 1 is 1.30 bits per heavy atom. The molecule has 0 N–H and O–H groups in total. The molecule has 2 atom stereocenters. The summed E-state index contributed by atoms with van der Waals surface area (Å²) in [5.74, 6) is -0.116. The van der Waals surface area contributed by atoms with Gasteiger partial charge in [0.2, 0.25) is 0 Å². The second-order valence-corrected chi connectivity index (χ2v) is 6.43. The number of esters is 1. The van der Waals surface area contributed by atoms with Gasteiger partial charge in [-0.25, -0.2) is 0 Å². The van der Waals surface area contributed by atoms with Crippen LogP contribution >= 0.6 is 11.8 Å². The fourth-order valence-electron chi connectivity index (χ4n) is 2.47. The molecule has 0 spiro atoms. The minimum atomic E-state index is -0.674. The van der Waals surface area contributed by atoms with E-state index in [1.54, 1.807) is 12.0 Å². The number of hydroxylamine groups is 2. The largest absolute Gasteiger partial charge is 0.465 e. The topological polar surface area (TPSA) is 55.8 Å². The lowest BCUT2D eigenvalue weighted by Crippen LogP contribution is -2.42. The molecule has 0 aromatic heterocycles. The number of ether oxygens (including phenoxy) is 1. The highest BCUT2D eigenvalue weighted by molar-refractivity contribution is 8.13. The zero-order chi connectivity index (χ0) is 16.7. The van der Waals surface area contributed by atoms with Gasteiger partial charge in [0.25, 0.3) is 0 Å². The Balaban J connectivity index is 2.11. The van der Waals surface area contributed by atoms with E-state index < -0.39 is 17.9 Å². The van der Waals surface area contributed by atoms with Crippen molar-refractivity contribution >= 4 is 22.8 Å². The maximum absolute atomic E-state index is 12.4. The summed E-state index contributed by atoms with van der Waals surface area (Å²) in [6.45, 7) is 4.75. The summed E-state index contributed by atoms with van der Waals surface area (Å²) in [4.78, 5) is 30.3. The van der Waals surface area contributed by atoms with Gasteiger partial charge in [-0.2, -0.15) is 5.06 Å². The van der Waals surface area contributed by atoms with E-state index in [4.69, 9.17) is 9.57 Å². The smallest absolute Gasteiger partial charge is 0.326 e. The molecule has 0 unspecified atom stereocenters. The first kappa shape index (κ1) is 18.0. The first-order chi connectivity index (χ1) is 11.2. The number of thioether (sulfide) groups is 1. The Morgan fingerprint density at radius 2 is 2.04 bits per heavy atom. The molecule has 1 aliphatic heterocycles. The molecule has 23 heavy (non-hydrogen) atoms. The van der Waals surface area contributed by atoms with E-state index >= 15 is 0 Å².